The fraction of sp³-hybridized carbons (Fsp3) is 0.231. The van der Waals surface area contributed by atoms with Crippen molar-refractivity contribution in [2.75, 3.05) is 13.7 Å². The van der Waals surface area contributed by atoms with Crippen LogP contribution in [0.4, 0.5) is 0 Å². The Bertz CT molecular complexity index is 1400. The van der Waals surface area contributed by atoms with E-state index in [1.165, 1.54) is 13.3 Å². The summed E-state index contributed by atoms with van der Waals surface area (Å²) < 4.78 is 39.0. The number of aromatic nitrogens is 2. The van der Waals surface area contributed by atoms with Crippen LogP contribution in [0, 0.1) is 0 Å². The first-order valence-corrected chi connectivity index (χ1v) is 13.3. The van der Waals surface area contributed by atoms with Gasteiger partial charge >= 0.3 is 0 Å². The second-order valence-electron chi connectivity index (χ2n) is 8.13. The molecule has 2 aromatic carbocycles. The molecule has 4 rings (SSSR count). The lowest BCUT2D eigenvalue weighted by Gasteiger charge is -2.23. The molecule has 8 nitrogen and oxygen atoms in total. The summed E-state index contributed by atoms with van der Waals surface area (Å²) in [6.07, 6.45) is 3.03. The molecule has 188 valence electrons. The summed E-state index contributed by atoms with van der Waals surface area (Å²) in [5, 5.41) is 0.272. The second kappa shape index (κ2) is 11.6. The topological polar surface area (TPSA) is 94.6 Å². The number of imidazole rings is 1. The number of rotatable bonds is 11. The fourth-order valence-electron chi connectivity index (χ4n) is 3.82. The molecule has 0 aliphatic heterocycles. The SMILES string of the molecule is COCCn1c(CN(Cc2ccco2)C(=O)c2ccccc2)cnc1S(=O)(=O)Cc1ccccc1Cl. The molecule has 0 bridgehead atoms. The largest absolute Gasteiger partial charge is 0.467 e. The highest BCUT2D eigenvalue weighted by Crippen LogP contribution is 2.24. The lowest BCUT2D eigenvalue weighted by molar-refractivity contribution is 0.0712. The van der Waals surface area contributed by atoms with Crippen LogP contribution < -0.4 is 0 Å². The Morgan fingerprint density at radius 3 is 2.50 bits per heavy atom. The summed E-state index contributed by atoms with van der Waals surface area (Å²) in [6.45, 7) is 0.838. The molecule has 0 saturated heterocycles. The van der Waals surface area contributed by atoms with Gasteiger partial charge < -0.3 is 18.6 Å². The number of furan rings is 1. The molecule has 36 heavy (non-hydrogen) atoms. The van der Waals surface area contributed by atoms with Gasteiger partial charge in [0.2, 0.25) is 15.0 Å². The average Bonchev–Trinajstić information content (AvgIpc) is 3.54. The van der Waals surface area contributed by atoms with Crippen LogP contribution in [0.2, 0.25) is 5.02 Å². The highest BCUT2D eigenvalue weighted by atomic mass is 35.5. The van der Waals surface area contributed by atoms with E-state index in [0.717, 1.165) is 0 Å². The van der Waals surface area contributed by atoms with E-state index in [4.69, 9.17) is 20.8 Å². The standard InChI is InChI=1S/C26H26ClN3O5S/c1-34-15-13-30-22(16-28-26(30)36(32,33)19-21-10-5-6-12-24(21)27)17-29(18-23-11-7-14-35-23)25(31)20-8-3-2-4-9-20/h2-12,14,16H,13,15,17-19H2,1H3. The van der Waals surface area contributed by atoms with Gasteiger partial charge in [-0.15, -0.1) is 0 Å². The Hall–Kier alpha value is -3.40. The molecule has 0 fully saturated rings. The summed E-state index contributed by atoms with van der Waals surface area (Å²) in [6, 6.07) is 19.2. The molecule has 0 unspecified atom stereocenters. The summed E-state index contributed by atoms with van der Waals surface area (Å²) in [7, 11) is -2.31. The second-order valence-corrected chi connectivity index (χ2v) is 10.4. The van der Waals surface area contributed by atoms with E-state index in [1.807, 2.05) is 6.07 Å². The van der Waals surface area contributed by atoms with Gasteiger partial charge in [-0.25, -0.2) is 13.4 Å². The van der Waals surface area contributed by atoms with Crippen molar-refractivity contribution in [3.8, 4) is 0 Å². The quantitative estimate of drug-likeness (QED) is 0.283. The van der Waals surface area contributed by atoms with E-state index in [-0.39, 0.29) is 43.1 Å². The van der Waals surface area contributed by atoms with Gasteiger partial charge in [0.05, 0.1) is 43.6 Å². The minimum atomic E-state index is -3.84. The van der Waals surface area contributed by atoms with E-state index in [9.17, 15) is 13.2 Å². The van der Waals surface area contributed by atoms with Crippen LogP contribution in [0.1, 0.15) is 27.4 Å². The van der Waals surface area contributed by atoms with Crippen LogP contribution in [-0.4, -0.2) is 42.5 Å². The lowest BCUT2D eigenvalue weighted by Crippen LogP contribution is -2.31. The van der Waals surface area contributed by atoms with Gasteiger partial charge in [0.15, 0.2) is 0 Å². The number of hydrogen-bond acceptors (Lipinski definition) is 6. The van der Waals surface area contributed by atoms with E-state index >= 15 is 0 Å². The average molecular weight is 528 g/mol. The Balaban J connectivity index is 1.68. The van der Waals surface area contributed by atoms with E-state index < -0.39 is 9.84 Å². The molecule has 0 aliphatic rings. The van der Waals surface area contributed by atoms with Crippen molar-refractivity contribution in [3.63, 3.8) is 0 Å². The molecule has 2 aromatic heterocycles. The maximum Gasteiger partial charge on any atom is 0.254 e. The number of ether oxygens (including phenoxy) is 1. The van der Waals surface area contributed by atoms with Crippen molar-refractivity contribution in [1.29, 1.82) is 0 Å². The predicted octanol–water partition coefficient (Wildman–Crippen LogP) is 4.59. The third-order valence-corrected chi connectivity index (χ3v) is 7.53. The van der Waals surface area contributed by atoms with Crippen LogP contribution in [0.25, 0.3) is 0 Å². The first-order chi connectivity index (χ1) is 17.4. The number of amides is 1. The number of nitrogens with zero attached hydrogens (tertiary/aromatic N) is 3. The number of carbonyl (C=O) groups is 1. The molecular formula is C26H26ClN3O5S. The molecule has 0 aliphatic carbocycles. The molecular weight excluding hydrogens is 502 g/mol. The van der Waals surface area contributed by atoms with Crippen molar-refractivity contribution in [2.45, 2.75) is 30.5 Å². The number of methoxy groups -OCH3 is 1. The Morgan fingerprint density at radius 1 is 1.06 bits per heavy atom. The van der Waals surface area contributed by atoms with Crippen LogP contribution >= 0.6 is 11.6 Å². The summed E-state index contributed by atoms with van der Waals surface area (Å²) >= 11 is 6.21. The maximum absolute atomic E-state index is 13.4. The van der Waals surface area contributed by atoms with E-state index in [0.29, 0.717) is 27.6 Å². The van der Waals surface area contributed by atoms with Gasteiger partial charge in [-0.05, 0) is 35.9 Å². The molecule has 0 atom stereocenters. The number of halogens is 1. The number of carbonyl (C=O) groups excluding carboxylic acids is 1. The Morgan fingerprint density at radius 2 is 1.81 bits per heavy atom. The van der Waals surface area contributed by atoms with Crippen LogP contribution in [0.15, 0.2) is 88.8 Å². The van der Waals surface area contributed by atoms with Crippen molar-refractivity contribution >= 4 is 27.3 Å². The maximum atomic E-state index is 13.4. The van der Waals surface area contributed by atoms with Gasteiger partial charge in [-0.1, -0.05) is 48.0 Å². The molecule has 10 heteroatoms. The summed E-state index contributed by atoms with van der Waals surface area (Å²) in [5.41, 5.74) is 1.56. The molecule has 0 spiro atoms. The zero-order valence-corrected chi connectivity index (χ0v) is 21.3. The van der Waals surface area contributed by atoms with Crippen LogP contribution in [-0.2, 0) is 40.0 Å². The zero-order chi connectivity index (χ0) is 25.5. The minimum Gasteiger partial charge on any atom is -0.467 e. The predicted molar refractivity (Wildman–Crippen MR) is 135 cm³/mol. The fourth-order valence-corrected chi connectivity index (χ4v) is 5.65. The highest BCUT2D eigenvalue weighted by Gasteiger charge is 2.27. The Kier molecular flexibility index (Phi) is 8.25. The normalized spacial score (nSPS) is 11.5. The molecule has 4 aromatic rings. The first kappa shape index (κ1) is 25.7. The number of sulfone groups is 1. The van der Waals surface area contributed by atoms with Crippen molar-refractivity contribution in [3.05, 3.63) is 107 Å². The minimum absolute atomic E-state index is 0.0976. The molecule has 2 heterocycles. The van der Waals surface area contributed by atoms with Gasteiger partial charge in [-0.3, -0.25) is 4.79 Å². The molecule has 0 radical (unpaired) electrons. The third-order valence-electron chi connectivity index (χ3n) is 5.59. The Labute approximate surface area is 215 Å². The van der Waals surface area contributed by atoms with Gasteiger partial charge in [0.1, 0.15) is 5.76 Å². The lowest BCUT2D eigenvalue weighted by atomic mass is 10.2. The van der Waals surface area contributed by atoms with Crippen LogP contribution in [0.5, 0.6) is 0 Å². The highest BCUT2D eigenvalue weighted by molar-refractivity contribution is 7.90. The van der Waals surface area contributed by atoms with E-state index in [2.05, 4.69) is 4.98 Å². The number of hydrogen-bond donors (Lipinski definition) is 0. The summed E-state index contributed by atoms with van der Waals surface area (Å²) in [4.78, 5) is 19.2. The smallest absolute Gasteiger partial charge is 0.254 e. The first-order valence-electron chi connectivity index (χ1n) is 11.3. The monoisotopic (exact) mass is 527 g/mol. The van der Waals surface area contributed by atoms with Gasteiger partial charge in [-0.2, -0.15) is 0 Å². The van der Waals surface area contributed by atoms with Crippen LogP contribution in [0.3, 0.4) is 0 Å². The number of benzene rings is 2. The zero-order valence-electron chi connectivity index (χ0n) is 19.7. The molecule has 1 amide bonds. The van der Waals surface area contributed by atoms with Gasteiger partial charge in [0, 0.05) is 24.2 Å². The van der Waals surface area contributed by atoms with Crippen molar-refractivity contribution in [1.82, 2.24) is 14.5 Å². The third kappa shape index (κ3) is 6.04. The van der Waals surface area contributed by atoms with Crippen molar-refractivity contribution in [2.24, 2.45) is 0 Å². The van der Waals surface area contributed by atoms with Gasteiger partial charge in [0.25, 0.3) is 5.91 Å². The molecule has 0 N–H and O–H groups in total. The summed E-state index contributed by atoms with van der Waals surface area (Å²) in [5.74, 6) is 0.0931. The van der Waals surface area contributed by atoms with Crippen molar-refractivity contribution < 1.29 is 22.4 Å². The van der Waals surface area contributed by atoms with E-state index in [1.54, 1.807) is 76.4 Å². The molecule has 0 saturated carbocycles.